The van der Waals surface area contributed by atoms with E-state index in [9.17, 15) is 23.9 Å². The summed E-state index contributed by atoms with van der Waals surface area (Å²) in [4.78, 5) is 38.3. The molecule has 3 aromatic rings. The summed E-state index contributed by atoms with van der Waals surface area (Å²) in [5, 5.41) is 11.6. The van der Waals surface area contributed by atoms with Crippen LogP contribution in [0.3, 0.4) is 0 Å². The normalized spacial score (nSPS) is 15.2. The molecular weight excluding hydrogens is 479 g/mol. The van der Waals surface area contributed by atoms with E-state index in [1.807, 2.05) is 12.1 Å². The molecule has 0 aromatic heterocycles. The van der Waals surface area contributed by atoms with Crippen molar-refractivity contribution in [3.8, 4) is 5.75 Å². The molecule has 0 unspecified atom stereocenters. The molecule has 2 N–H and O–H groups in total. The summed E-state index contributed by atoms with van der Waals surface area (Å²) in [5.74, 6) is -1.90. The maximum absolute atomic E-state index is 13.4. The number of rotatable bonds is 4. The van der Waals surface area contributed by atoms with Gasteiger partial charge in [0.2, 0.25) is 0 Å². The van der Waals surface area contributed by atoms with Crippen LogP contribution in [0.5, 0.6) is 5.75 Å². The molecule has 1 aliphatic heterocycles. The monoisotopic (exact) mass is 494 g/mol. The van der Waals surface area contributed by atoms with Crippen LogP contribution >= 0.6 is 15.9 Å². The van der Waals surface area contributed by atoms with E-state index in [0.717, 1.165) is 20.5 Å². The number of phenolic OH excluding ortho intramolecular Hbond substituents is 1. The topological polar surface area (TPSA) is 86.7 Å². The van der Waals surface area contributed by atoms with Crippen molar-refractivity contribution in [2.45, 2.75) is 6.42 Å². The third-order valence-corrected chi connectivity index (χ3v) is 5.62. The Morgan fingerprint density at radius 3 is 2.44 bits per heavy atom. The van der Waals surface area contributed by atoms with Crippen LogP contribution in [0, 0.1) is 5.82 Å². The summed E-state index contributed by atoms with van der Waals surface area (Å²) in [6.45, 7) is 0. The van der Waals surface area contributed by atoms with Gasteiger partial charge >= 0.3 is 6.03 Å². The van der Waals surface area contributed by atoms with Gasteiger partial charge in [0.05, 0.1) is 5.69 Å². The Hall–Kier alpha value is -3.78. The molecule has 0 spiro atoms. The minimum atomic E-state index is -0.866. The maximum Gasteiger partial charge on any atom is 0.335 e. The van der Waals surface area contributed by atoms with Crippen LogP contribution in [0.2, 0.25) is 0 Å². The smallest absolute Gasteiger partial charge is 0.335 e. The van der Waals surface area contributed by atoms with Crippen LogP contribution in [0.25, 0.3) is 6.08 Å². The molecule has 0 radical (unpaired) electrons. The predicted octanol–water partition coefficient (Wildman–Crippen LogP) is 4.55. The first-order valence-electron chi connectivity index (χ1n) is 9.55. The Morgan fingerprint density at radius 1 is 1.00 bits per heavy atom. The molecule has 1 heterocycles. The van der Waals surface area contributed by atoms with Gasteiger partial charge in [0.1, 0.15) is 17.1 Å². The molecule has 0 bridgehead atoms. The van der Waals surface area contributed by atoms with Gasteiger partial charge in [-0.3, -0.25) is 14.9 Å². The number of carbonyl (C=O) groups excluding carboxylic acids is 3. The number of imide groups is 2. The molecule has 4 rings (SSSR count). The maximum atomic E-state index is 13.4. The fourth-order valence-corrected chi connectivity index (χ4v) is 3.86. The zero-order valence-corrected chi connectivity index (χ0v) is 18.1. The molecule has 0 saturated carbocycles. The Bertz CT molecular complexity index is 1270. The molecule has 32 heavy (non-hydrogen) atoms. The molecule has 160 valence electrons. The number of barbiturate groups is 1. The number of benzene rings is 3. The van der Waals surface area contributed by atoms with Gasteiger partial charge in [0.15, 0.2) is 0 Å². The average Bonchev–Trinajstić information content (AvgIpc) is 2.74. The van der Waals surface area contributed by atoms with Crippen molar-refractivity contribution < 1.29 is 23.9 Å². The number of halogens is 2. The highest BCUT2D eigenvalue weighted by molar-refractivity contribution is 9.10. The van der Waals surface area contributed by atoms with Crippen LogP contribution in [0.1, 0.15) is 16.7 Å². The van der Waals surface area contributed by atoms with Crippen LogP contribution in [0.4, 0.5) is 14.9 Å². The fraction of sp³-hybridized carbons (Fsp3) is 0.0417. The van der Waals surface area contributed by atoms with Gasteiger partial charge < -0.3 is 5.11 Å². The lowest BCUT2D eigenvalue weighted by molar-refractivity contribution is -0.122. The molecular formula is C24H16BrFN2O4. The van der Waals surface area contributed by atoms with Crippen LogP contribution in [0.15, 0.2) is 76.8 Å². The second-order valence-electron chi connectivity index (χ2n) is 7.13. The summed E-state index contributed by atoms with van der Waals surface area (Å²) in [7, 11) is 0. The fourth-order valence-electron chi connectivity index (χ4n) is 3.32. The number of carbonyl (C=O) groups is 3. The van der Waals surface area contributed by atoms with Crippen molar-refractivity contribution >= 4 is 45.5 Å². The van der Waals surface area contributed by atoms with Crippen molar-refractivity contribution in [2.75, 3.05) is 4.90 Å². The van der Waals surface area contributed by atoms with Gasteiger partial charge in [0, 0.05) is 4.47 Å². The van der Waals surface area contributed by atoms with Crippen molar-refractivity contribution in [2.24, 2.45) is 0 Å². The number of nitrogens with zero attached hydrogens (tertiary/aromatic N) is 1. The third-order valence-electron chi connectivity index (χ3n) is 4.88. The Balaban J connectivity index is 1.62. The van der Waals surface area contributed by atoms with Gasteiger partial charge in [-0.15, -0.1) is 0 Å². The van der Waals surface area contributed by atoms with Crippen molar-refractivity contribution in [1.29, 1.82) is 0 Å². The highest BCUT2D eigenvalue weighted by Crippen LogP contribution is 2.26. The van der Waals surface area contributed by atoms with Crippen LogP contribution < -0.4 is 10.2 Å². The number of urea groups is 1. The lowest BCUT2D eigenvalue weighted by atomic mass is 10.0. The van der Waals surface area contributed by atoms with Gasteiger partial charge in [-0.05, 0) is 71.7 Å². The summed E-state index contributed by atoms with van der Waals surface area (Å²) in [6, 6.07) is 16.2. The van der Waals surface area contributed by atoms with Crippen molar-refractivity contribution in [3.63, 3.8) is 0 Å². The quantitative estimate of drug-likeness (QED) is 0.411. The predicted molar refractivity (Wildman–Crippen MR) is 120 cm³/mol. The minimum absolute atomic E-state index is 0.0198. The van der Waals surface area contributed by atoms with E-state index in [1.54, 1.807) is 18.2 Å². The SMILES string of the molecule is O=C1NC(=O)N(c2ccc(O)cc2)C(=O)/C1=C/c1ccc(Cc2cccc(F)c2)c(Br)c1. The molecule has 8 heteroatoms. The molecule has 1 aliphatic rings. The first-order chi connectivity index (χ1) is 15.3. The number of aromatic hydroxyl groups is 1. The van der Waals surface area contributed by atoms with E-state index in [1.165, 1.54) is 42.5 Å². The van der Waals surface area contributed by atoms with E-state index < -0.39 is 17.8 Å². The molecule has 0 aliphatic carbocycles. The van der Waals surface area contributed by atoms with Gasteiger partial charge in [0.25, 0.3) is 11.8 Å². The standard InChI is InChI=1S/C24H16BrFN2O4/c25-21-13-15(4-5-16(21)10-14-2-1-3-17(26)11-14)12-20-22(30)27-24(32)28(23(20)31)18-6-8-19(29)9-7-18/h1-9,11-13,29H,10H2,(H,27,30,32)/b20-12+. The summed E-state index contributed by atoms with van der Waals surface area (Å²) < 4.78 is 14.2. The highest BCUT2D eigenvalue weighted by atomic mass is 79.9. The average molecular weight is 495 g/mol. The van der Waals surface area contributed by atoms with Crippen LogP contribution in [-0.2, 0) is 16.0 Å². The number of hydrogen-bond acceptors (Lipinski definition) is 4. The zero-order chi connectivity index (χ0) is 22.8. The number of hydrogen-bond donors (Lipinski definition) is 2. The lowest BCUT2D eigenvalue weighted by Crippen LogP contribution is -2.54. The Kier molecular flexibility index (Phi) is 5.87. The van der Waals surface area contributed by atoms with E-state index in [4.69, 9.17) is 0 Å². The van der Waals surface area contributed by atoms with E-state index in [-0.39, 0.29) is 22.8 Å². The Labute approximate surface area is 191 Å². The second-order valence-corrected chi connectivity index (χ2v) is 7.99. The zero-order valence-electron chi connectivity index (χ0n) is 16.5. The minimum Gasteiger partial charge on any atom is -0.508 e. The van der Waals surface area contributed by atoms with E-state index >= 15 is 0 Å². The number of phenols is 1. The summed E-state index contributed by atoms with van der Waals surface area (Å²) >= 11 is 3.49. The second kappa shape index (κ2) is 8.76. The van der Waals surface area contributed by atoms with Crippen LogP contribution in [-0.4, -0.2) is 23.0 Å². The van der Waals surface area contributed by atoms with Gasteiger partial charge in [-0.1, -0.05) is 40.2 Å². The van der Waals surface area contributed by atoms with Gasteiger partial charge in [-0.2, -0.15) is 0 Å². The summed E-state index contributed by atoms with van der Waals surface area (Å²) in [6.07, 6.45) is 1.89. The molecule has 3 aromatic carbocycles. The number of nitrogens with one attached hydrogen (secondary N) is 1. The lowest BCUT2D eigenvalue weighted by Gasteiger charge is -2.26. The van der Waals surface area contributed by atoms with Crippen molar-refractivity contribution in [3.05, 3.63) is 99.3 Å². The first kappa shape index (κ1) is 21.5. The van der Waals surface area contributed by atoms with E-state index in [0.29, 0.717) is 12.0 Å². The molecule has 4 amide bonds. The van der Waals surface area contributed by atoms with E-state index in [2.05, 4.69) is 21.2 Å². The third kappa shape index (κ3) is 4.45. The summed E-state index contributed by atoms with van der Waals surface area (Å²) in [5.41, 5.74) is 2.29. The Morgan fingerprint density at radius 2 is 1.75 bits per heavy atom. The number of amides is 4. The van der Waals surface area contributed by atoms with Gasteiger partial charge in [-0.25, -0.2) is 14.1 Å². The molecule has 1 saturated heterocycles. The molecule has 1 fully saturated rings. The van der Waals surface area contributed by atoms with Crippen molar-refractivity contribution in [1.82, 2.24) is 5.32 Å². The largest absolute Gasteiger partial charge is 0.508 e. The highest BCUT2D eigenvalue weighted by Gasteiger charge is 2.36. The molecule has 6 nitrogen and oxygen atoms in total. The first-order valence-corrected chi connectivity index (χ1v) is 10.3. The number of anilines is 1. The molecule has 0 atom stereocenters.